The number of rotatable bonds is 5. The molecule has 0 amide bonds. The summed E-state index contributed by atoms with van der Waals surface area (Å²) in [4.78, 5) is 36.0. The van der Waals surface area contributed by atoms with Crippen molar-refractivity contribution in [2.75, 3.05) is 5.43 Å². The number of H-pyrrole nitrogens is 2. The molecule has 0 unspecified atom stereocenters. The number of anilines is 1. The first-order valence-corrected chi connectivity index (χ1v) is 8.67. The lowest BCUT2D eigenvalue weighted by atomic mass is 10.2. The van der Waals surface area contributed by atoms with E-state index in [2.05, 4.69) is 30.5 Å². The highest BCUT2D eigenvalue weighted by Gasteiger charge is 2.12. The molecule has 0 saturated carbocycles. The van der Waals surface area contributed by atoms with E-state index in [1.165, 1.54) is 18.3 Å². The highest BCUT2D eigenvalue weighted by atomic mass is 35.5. The standard InChI is InChI=1S/C18H12ClN7O3/c19-12-5-3-11(4-6-12)15-21-14-16(22-15)23-18(27)24-17(14)25-20-9-10-1-7-13(8-2-10)26(28)29/h1-9H,(H3,21,22,23,24,25,27). The van der Waals surface area contributed by atoms with Gasteiger partial charge in [0, 0.05) is 22.7 Å². The van der Waals surface area contributed by atoms with Crippen LogP contribution in [0.4, 0.5) is 11.5 Å². The van der Waals surface area contributed by atoms with E-state index in [1.807, 2.05) is 0 Å². The second kappa shape index (κ2) is 7.52. The van der Waals surface area contributed by atoms with Crippen molar-refractivity contribution < 1.29 is 4.92 Å². The third-order valence-corrected chi connectivity index (χ3v) is 4.24. The van der Waals surface area contributed by atoms with Crippen LogP contribution in [-0.4, -0.2) is 31.1 Å². The molecular weight excluding hydrogens is 398 g/mol. The number of benzene rings is 2. The summed E-state index contributed by atoms with van der Waals surface area (Å²) in [6.45, 7) is 0. The van der Waals surface area contributed by atoms with Crippen molar-refractivity contribution in [3.63, 3.8) is 0 Å². The Morgan fingerprint density at radius 1 is 1.07 bits per heavy atom. The number of hydrazone groups is 1. The van der Waals surface area contributed by atoms with Gasteiger partial charge >= 0.3 is 5.69 Å². The molecule has 0 aliphatic carbocycles. The van der Waals surface area contributed by atoms with Gasteiger partial charge in [0.1, 0.15) is 11.3 Å². The third-order valence-electron chi connectivity index (χ3n) is 3.98. The predicted molar refractivity (Wildman–Crippen MR) is 109 cm³/mol. The lowest BCUT2D eigenvalue weighted by Gasteiger charge is -2.00. The minimum atomic E-state index is -0.584. The van der Waals surface area contributed by atoms with Gasteiger partial charge in [-0.3, -0.25) is 20.5 Å². The van der Waals surface area contributed by atoms with Crippen LogP contribution in [0.25, 0.3) is 22.6 Å². The molecule has 0 atom stereocenters. The Kier molecular flexibility index (Phi) is 4.75. The Labute approximate surface area is 167 Å². The number of nitro groups is 1. The van der Waals surface area contributed by atoms with Crippen molar-refractivity contribution in [1.29, 1.82) is 0 Å². The van der Waals surface area contributed by atoms with Crippen LogP contribution in [0.5, 0.6) is 0 Å². The van der Waals surface area contributed by atoms with E-state index in [1.54, 1.807) is 36.4 Å². The number of nitro benzene ring substituents is 1. The summed E-state index contributed by atoms with van der Waals surface area (Å²) in [5, 5.41) is 15.3. The first-order chi connectivity index (χ1) is 14.0. The van der Waals surface area contributed by atoms with Crippen LogP contribution in [-0.2, 0) is 0 Å². The molecule has 11 heteroatoms. The Bertz CT molecular complexity index is 1280. The largest absolute Gasteiger partial charge is 0.348 e. The molecule has 4 aromatic rings. The molecule has 4 rings (SSSR count). The van der Waals surface area contributed by atoms with Gasteiger partial charge in [0.15, 0.2) is 11.5 Å². The van der Waals surface area contributed by atoms with Crippen LogP contribution in [0.3, 0.4) is 0 Å². The maximum atomic E-state index is 11.8. The monoisotopic (exact) mass is 409 g/mol. The predicted octanol–water partition coefficient (Wildman–Crippen LogP) is 3.32. The van der Waals surface area contributed by atoms with Gasteiger partial charge in [0.05, 0.1) is 11.1 Å². The maximum Gasteiger partial charge on any atom is 0.348 e. The van der Waals surface area contributed by atoms with Crippen molar-refractivity contribution in [3.05, 3.63) is 79.7 Å². The zero-order valence-corrected chi connectivity index (χ0v) is 15.3. The van der Waals surface area contributed by atoms with Gasteiger partial charge in [0.25, 0.3) is 5.69 Å². The van der Waals surface area contributed by atoms with E-state index in [0.717, 1.165) is 5.56 Å². The number of aromatic amines is 2. The SMILES string of the molecule is O=c1nc(NN=Cc2ccc([N+](=O)[O-])cc2)c2[nH]c(-c3ccc(Cl)cc3)nc2[nH]1. The summed E-state index contributed by atoms with van der Waals surface area (Å²) >= 11 is 5.91. The van der Waals surface area contributed by atoms with Gasteiger partial charge in [-0.15, -0.1) is 0 Å². The summed E-state index contributed by atoms with van der Waals surface area (Å²) in [6.07, 6.45) is 1.45. The highest BCUT2D eigenvalue weighted by Crippen LogP contribution is 2.23. The summed E-state index contributed by atoms with van der Waals surface area (Å²) in [6, 6.07) is 12.9. The number of non-ortho nitro benzene ring substituents is 1. The van der Waals surface area contributed by atoms with Crippen LogP contribution in [0.1, 0.15) is 5.56 Å². The first kappa shape index (κ1) is 18.3. The number of hydrogen-bond acceptors (Lipinski definition) is 7. The van der Waals surface area contributed by atoms with Crippen molar-refractivity contribution in [1.82, 2.24) is 19.9 Å². The lowest BCUT2D eigenvalue weighted by Crippen LogP contribution is -2.12. The Balaban J connectivity index is 1.62. The average molecular weight is 410 g/mol. The lowest BCUT2D eigenvalue weighted by molar-refractivity contribution is -0.384. The van der Waals surface area contributed by atoms with Gasteiger partial charge in [-0.05, 0) is 42.0 Å². The smallest absolute Gasteiger partial charge is 0.334 e. The average Bonchev–Trinajstić information content (AvgIpc) is 3.13. The fourth-order valence-corrected chi connectivity index (χ4v) is 2.72. The topological polar surface area (TPSA) is 142 Å². The highest BCUT2D eigenvalue weighted by molar-refractivity contribution is 6.30. The second-order valence-corrected chi connectivity index (χ2v) is 6.36. The molecular formula is C18H12ClN7O3. The summed E-state index contributed by atoms with van der Waals surface area (Å²) in [7, 11) is 0. The molecule has 0 aliphatic rings. The molecule has 144 valence electrons. The molecule has 0 radical (unpaired) electrons. The van der Waals surface area contributed by atoms with Gasteiger partial charge in [-0.25, -0.2) is 9.78 Å². The zero-order valence-electron chi connectivity index (χ0n) is 14.6. The van der Waals surface area contributed by atoms with Crippen molar-refractivity contribution in [2.45, 2.75) is 0 Å². The zero-order chi connectivity index (χ0) is 20.4. The molecule has 0 spiro atoms. The molecule has 0 bridgehead atoms. The van der Waals surface area contributed by atoms with Crippen molar-refractivity contribution in [2.24, 2.45) is 5.10 Å². The van der Waals surface area contributed by atoms with Gasteiger partial charge in [0.2, 0.25) is 0 Å². The Morgan fingerprint density at radius 2 is 1.79 bits per heavy atom. The van der Waals surface area contributed by atoms with Crippen LogP contribution in [0, 0.1) is 10.1 Å². The minimum absolute atomic E-state index is 0.0136. The molecule has 29 heavy (non-hydrogen) atoms. The van der Waals surface area contributed by atoms with Gasteiger partial charge in [-0.1, -0.05) is 11.6 Å². The van der Waals surface area contributed by atoms with Crippen LogP contribution in [0.15, 0.2) is 58.4 Å². The van der Waals surface area contributed by atoms with E-state index >= 15 is 0 Å². The number of imidazole rings is 1. The number of nitrogens with zero attached hydrogens (tertiary/aromatic N) is 4. The van der Waals surface area contributed by atoms with Gasteiger partial charge in [-0.2, -0.15) is 10.1 Å². The summed E-state index contributed by atoms with van der Waals surface area (Å²) in [5.74, 6) is 0.720. The molecule has 0 fully saturated rings. The second-order valence-electron chi connectivity index (χ2n) is 5.93. The molecule has 10 nitrogen and oxygen atoms in total. The van der Waals surface area contributed by atoms with Crippen molar-refractivity contribution >= 4 is 40.5 Å². The van der Waals surface area contributed by atoms with E-state index in [9.17, 15) is 14.9 Å². The van der Waals surface area contributed by atoms with E-state index in [0.29, 0.717) is 27.6 Å². The normalized spacial score (nSPS) is 11.2. The van der Waals surface area contributed by atoms with E-state index in [-0.39, 0.29) is 11.5 Å². The van der Waals surface area contributed by atoms with Crippen LogP contribution >= 0.6 is 11.6 Å². The van der Waals surface area contributed by atoms with Gasteiger partial charge < -0.3 is 4.98 Å². The number of fused-ring (bicyclic) bond motifs is 1. The van der Waals surface area contributed by atoms with Crippen molar-refractivity contribution in [3.8, 4) is 11.4 Å². The molecule has 0 saturated heterocycles. The molecule has 2 heterocycles. The van der Waals surface area contributed by atoms with Crippen LogP contribution in [0.2, 0.25) is 5.02 Å². The van der Waals surface area contributed by atoms with Crippen LogP contribution < -0.4 is 11.1 Å². The third kappa shape index (κ3) is 3.96. The maximum absolute atomic E-state index is 11.8. The molecule has 2 aromatic carbocycles. The molecule has 0 aliphatic heterocycles. The summed E-state index contributed by atoms with van der Waals surface area (Å²) < 4.78 is 0. The number of aromatic nitrogens is 4. The Morgan fingerprint density at radius 3 is 2.48 bits per heavy atom. The molecule has 2 aromatic heterocycles. The number of halogens is 1. The molecule has 3 N–H and O–H groups in total. The fourth-order valence-electron chi connectivity index (χ4n) is 2.60. The first-order valence-electron chi connectivity index (χ1n) is 8.29. The summed E-state index contributed by atoms with van der Waals surface area (Å²) in [5.41, 5.74) is 4.31. The number of nitrogens with one attached hydrogen (secondary N) is 3. The quantitative estimate of drug-likeness (QED) is 0.262. The minimum Gasteiger partial charge on any atom is -0.334 e. The Hall–Kier alpha value is -4.05. The van der Waals surface area contributed by atoms with E-state index in [4.69, 9.17) is 11.6 Å². The fraction of sp³-hybridized carbons (Fsp3) is 0. The van der Waals surface area contributed by atoms with E-state index < -0.39 is 10.6 Å². The number of hydrogen-bond donors (Lipinski definition) is 3.